The van der Waals surface area contributed by atoms with Gasteiger partial charge in [0.25, 0.3) is 11.8 Å². The van der Waals surface area contributed by atoms with E-state index < -0.39 is 11.8 Å². The first-order chi connectivity index (χ1) is 27.6. The Labute approximate surface area is 330 Å². The van der Waals surface area contributed by atoms with Crippen LogP contribution < -0.4 is 25.5 Å². The minimum absolute atomic E-state index is 0.115. The fraction of sp³-hybridized carbons (Fsp3) is 0.222. The molecule has 0 unspecified atom stereocenters. The number of carbonyl (C=O) groups excluding carboxylic acids is 2. The van der Waals surface area contributed by atoms with Gasteiger partial charge in [-0.1, -0.05) is 50.2 Å². The van der Waals surface area contributed by atoms with Gasteiger partial charge in [-0.25, -0.2) is 0 Å². The largest absolute Gasteiger partial charge is 0.493 e. The summed E-state index contributed by atoms with van der Waals surface area (Å²) >= 11 is 0. The average molecular weight is 765 g/mol. The molecule has 12 heteroatoms. The zero-order valence-electron chi connectivity index (χ0n) is 32.5. The molecule has 290 valence electrons. The van der Waals surface area contributed by atoms with Crippen molar-refractivity contribution in [2.24, 2.45) is 7.05 Å². The van der Waals surface area contributed by atoms with Crippen LogP contribution in [0, 0.1) is 0 Å². The smallest absolute Gasteiger partial charge is 0.291 e. The SMILES string of the molecule is COc1cc(NC(=O)c2cc(=O)c3ccccc3o2)c(C(=O)Nc2ccc(CCN(Cc3cncc(C(C)C)c3)Cc3ccc4c(cnn4C)c3)cc2)cc1OC. The molecule has 3 heterocycles. The van der Waals surface area contributed by atoms with E-state index in [1.807, 2.05) is 54.6 Å². The van der Waals surface area contributed by atoms with E-state index in [2.05, 4.69) is 63.7 Å². The van der Waals surface area contributed by atoms with Crippen molar-refractivity contribution < 1.29 is 23.5 Å². The van der Waals surface area contributed by atoms with Crippen LogP contribution in [0.4, 0.5) is 11.4 Å². The van der Waals surface area contributed by atoms with E-state index in [1.54, 1.807) is 24.3 Å². The third kappa shape index (κ3) is 8.87. The molecule has 2 amide bonds. The summed E-state index contributed by atoms with van der Waals surface area (Å²) in [5.41, 5.74) is 6.50. The van der Waals surface area contributed by atoms with Crippen LogP contribution in [-0.4, -0.2) is 52.2 Å². The lowest BCUT2D eigenvalue weighted by atomic mass is 10.0. The van der Waals surface area contributed by atoms with Gasteiger partial charge >= 0.3 is 0 Å². The summed E-state index contributed by atoms with van der Waals surface area (Å²) in [4.78, 5) is 46.8. The van der Waals surface area contributed by atoms with Crippen LogP contribution >= 0.6 is 0 Å². The predicted octanol–water partition coefficient (Wildman–Crippen LogP) is 7.96. The Kier molecular flexibility index (Phi) is 11.4. The van der Waals surface area contributed by atoms with Crippen molar-refractivity contribution in [2.45, 2.75) is 39.3 Å². The van der Waals surface area contributed by atoms with Crippen LogP contribution in [-0.2, 0) is 26.6 Å². The van der Waals surface area contributed by atoms with Gasteiger partial charge in [0, 0.05) is 62.3 Å². The highest BCUT2D eigenvalue weighted by atomic mass is 16.5. The number of nitrogens with one attached hydrogen (secondary N) is 2. The third-order valence-corrected chi connectivity index (χ3v) is 9.91. The molecule has 0 saturated heterocycles. The van der Waals surface area contributed by atoms with Crippen molar-refractivity contribution in [3.8, 4) is 11.5 Å². The molecule has 0 atom stereocenters. The summed E-state index contributed by atoms with van der Waals surface area (Å²) < 4.78 is 18.5. The van der Waals surface area contributed by atoms with Gasteiger partial charge in [0.2, 0.25) is 0 Å². The maximum Gasteiger partial charge on any atom is 0.291 e. The number of hydrogen-bond donors (Lipinski definition) is 2. The number of amides is 2. The molecular formula is C45H44N6O6. The number of ether oxygens (including phenoxy) is 2. The number of benzene rings is 4. The summed E-state index contributed by atoms with van der Waals surface area (Å²) in [5, 5.41) is 11.5. The van der Waals surface area contributed by atoms with Crippen molar-refractivity contribution in [3.63, 3.8) is 0 Å². The summed E-state index contributed by atoms with van der Waals surface area (Å²) in [7, 11) is 4.86. The number of aromatic nitrogens is 3. The van der Waals surface area contributed by atoms with Gasteiger partial charge in [0.1, 0.15) is 5.58 Å². The standard InChI is InChI=1S/C45H44N6O6/c1-28(2)32-19-31(23-46-24-32)27-51(26-30-12-15-38-33(18-30)25-47-50(38)3)17-16-29-10-13-34(14-11-29)48-44(53)36-20-41(55-4)42(56-5)21-37(36)49-45(54)43-22-39(52)35-8-6-7-9-40(35)57-43/h6-15,18-25,28H,16-17,26-27H2,1-5H3,(H,48,53)(H,49,54). The summed E-state index contributed by atoms with van der Waals surface area (Å²) in [5.74, 6) is -0.431. The van der Waals surface area contributed by atoms with Gasteiger partial charge in [-0.15, -0.1) is 0 Å². The van der Waals surface area contributed by atoms with Crippen molar-refractivity contribution in [1.29, 1.82) is 0 Å². The highest BCUT2D eigenvalue weighted by Gasteiger charge is 2.21. The Morgan fingerprint density at radius 1 is 0.807 bits per heavy atom. The quantitative estimate of drug-likeness (QED) is 0.113. The molecule has 12 nitrogen and oxygen atoms in total. The first kappa shape index (κ1) is 38.5. The van der Waals surface area contributed by atoms with Crippen LogP contribution in [0.3, 0.4) is 0 Å². The average Bonchev–Trinajstić information content (AvgIpc) is 3.59. The molecule has 4 aromatic carbocycles. The fourth-order valence-corrected chi connectivity index (χ4v) is 6.76. The lowest BCUT2D eigenvalue weighted by Crippen LogP contribution is -2.25. The molecule has 0 spiro atoms. The number of rotatable bonds is 14. The third-order valence-electron chi connectivity index (χ3n) is 9.91. The summed E-state index contributed by atoms with van der Waals surface area (Å²) in [6.07, 6.45) is 6.55. The van der Waals surface area contributed by atoms with Gasteiger partial charge < -0.3 is 24.5 Å². The van der Waals surface area contributed by atoms with Gasteiger partial charge in [-0.05, 0) is 77.1 Å². The second-order valence-electron chi connectivity index (χ2n) is 14.2. The fourth-order valence-electron chi connectivity index (χ4n) is 6.76. The van der Waals surface area contributed by atoms with Crippen LogP contribution in [0.5, 0.6) is 11.5 Å². The molecule has 0 aliphatic carbocycles. The second kappa shape index (κ2) is 16.9. The number of aryl methyl sites for hydroxylation is 1. The molecular weight excluding hydrogens is 721 g/mol. The van der Waals surface area contributed by atoms with E-state index in [9.17, 15) is 14.4 Å². The van der Waals surface area contributed by atoms with E-state index in [0.717, 1.165) is 54.2 Å². The number of nitrogens with zero attached hydrogens (tertiary/aromatic N) is 4. The zero-order chi connectivity index (χ0) is 40.1. The van der Waals surface area contributed by atoms with Gasteiger partial charge in [-0.3, -0.25) is 28.9 Å². The van der Waals surface area contributed by atoms with E-state index in [4.69, 9.17) is 13.9 Å². The molecule has 3 aromatic heterocycles. The Morgan fingerprint density at radius 3 is 2.32 bits per heavy atom. The minimum atomic E-state index is -0.709. The number of para-hydroxylation sites is 1. The number of carbonyl (C=O) groups is 2. The van der Waals surface area contributed by atoms with Crippen LogP contribution in [0.1, 0.15) is 62.9 Å². The molecule has 7 rings (SSSR count). The Bertz CT molecular complexity index is 2630. The molecule has 0 aliphatic heterocycles. The molecule has 57 heavy (non-hydrogen) atoms. The minimum Gasteiger partial charge on any atom is -0.493 e. The molecule has 0 aliphatic rings. The van der Waals surface area contributed by atoms with Crippen molar-refractivity contribution in [3.05, 3.63) is 153 Å². The molecule has 0 bridgehead atoms. The number of hydrogen-bond acceptors (Lipinski definition) is 9. The van der Waals surface area contributed by atoms with Crippen LogP contribution in [0.2, 0.25) is 0 Å². The van der Waals surface area contributed by atoms with Crippen LogP contribution in [0.15, 0.2) is 119 Å². The van der Waals surface area contributed by atoms with Crippen molar-refractivity contribution in [1.82, 2.24) is 19.7 Å². The lowest BCUT2D eigenvalue weighted by molar-refractivity contribution is 0.0997. The molecule has 0 saturated carbocycles. The molecule has 7 aromatic rings. The highest BCUT2D eigenvalue weighted by molar-refractivity contribution is 6.12. The summed E-state index contributed by atoms with van der Waals surface area (Å²) in [6.45, 7) is 6.63. The molecule has 0 radical (unpaired) electrons. The van der Waals surface area contributed by atoms with Gasteiger partial charge in [0.05, 0.1) is 42.6 Å². The highest BCUT2D eigenvalue weighted by Crippen LogP contribution is 2.34. The maximum absolute atomic E-state index is 13.8. The topological polar surface area (TPSA) is 141 Å². The summed E-state index contributed by atoms with van der Waals surface area (Å²) in [6, 6.07) is 27.2. The van der Waals surface area contributed by atoms with E-state index in [0.29, 0.717) is 28.5 Å². The van der Waals surface area contributed by atoms with Crippen molar-refractivity contribution >= 4 is 45.1 Å². The molecule has 0 fully saturated rings. The Balaban J connectivity index is 1.07. The first-order valence-electron chi connectivity index (χ1n) is 18.7. The zero-order valence-corrected chi connectivity index (χ0v) is 32.5. The van der Waals surface area contributed by atoms with Crippen molar-refractivity contribution in [2.75, 3.05) is 31.4 Å². The second-order valence-corrected chi connectivity index (χ2v) is 14.2. The van der Waals surface area contributed by atoms with E-state index in [1.165, 1.54) is 37.5 Å². The van der Waals surface area contributed by atoms with E-state index in [-0.39, 0.29) is 28.0 Å². The number of methoxy groups -OCH3 is 2. The van der Waals surface area contributed by atoms with Gasteiger partial charge in [0.15, 0.2) is 22.7 Å². The molecule has 2 N–H and O–H groups in total. The predicted molar refractivity (Wildman–Crippen MR) is 221 cm³/mol. The Morgan fingerprint density at radius 2 is 1.54 bits per heavy atom. The van der Waals surface area contributed by atoms with Crippen LogP contribution in [0.25, 0.3) is 21.9 Å². The lowest BCUT2D eigenvalue weighted by Gasteiger charge is -2.23. The van der Waals surface area contributed by atoms with Gasteiger partial charge in [-0.2, -0.15) is 5.10 Å². The van der Waals surface area contributed by atoms with E-state index >= 15 is 0 Å². The monoisotopic (exact) mass is 764 g/mol. The number of pyridine rings is 1. The normalized spacial score (nSPS) is 11.4. The Hall–Kier alpha value is -6.79. The number of anilines is 2. The maximum atomic E-state index is 13.8. The number of fused-ring (bicyclic) bond motifs is 2. The first-order valence-corrected chi connectivity index (χ1v) is 18.7.